The average Bonchev–Trinajstić information content (AvgIpc) is 3.62. The van der Waals surface area contributed by atoms with Gasteiger partial charge in [-0.15, -0.1) is 0 Å². The minimum Gasteiger partial charge on any atom is -0.486 e. The van der Waals surface area contributed by atoms with Gasteiger partial charge in [-0.25, -0.2) is 9.18 Å². The summed E-state index contributed by atoms with van der Waals surface area (Å²) in [6, 6.07) is 45.7. The number of carbonyl (C=O) groups excluding carboxylic acids is 1. The fraction of sp³-hybridized carbons (Fsp3) is 0.344. The van der Waals surface area contributed by atoms with Gasteiger partial charge in [0.25, 0.3) is 0 Å². The zero-order valence-electron chi connectivity index (χ0n) is 42.3. The number of hydrogen-bond donors (Lipinski definition) is 0. The topological polar surface area (TPSA) is 98.1 Å². The maximum absolute atomic E-state index is 17.2. The van der Waals surface area contributed by atoms with Crippen LogP contribution in [0, 0.1) is 12.7 Å². The third-order valence-corrected chi connectivity index (χ3v) is 15.6. The van der Waals surface area contributed by atoms with Crippen LogP contribution in [0.1, 0.15) is 92.2 Å². The number of amides is 1. The lowest BCUT2D eigenvalue weighted by Gasteiger charge is -2.36. The Kier molecular flexibility index (Phi) is 11.9. The fourth-order valence-corrected chi connectivity index (χ4v) is 11.8. The van der Waals surface area contributed by atoms with Gasteiger partial charge in [0, 0.05) is 53.3 Å². The summed E-state index contributed by atoms with van der Waals surface area (Å²) in [5.74, 6) is 1.13. The summed E-state index contributed by atoms with van der Waals surface area (Å²) in [6.07, 6.45) is 6.68. The van der Waals surface area contributed by atoms with E-state index in [0.29, 0.717) is 42.0 Å². The third kappa shape index (κ3) is 8.53. The van der Waals surface area contributed by atoms with E-state index in [9.17, 15) is 4.79 Å². The minimum atomic E-state index is -0.935. The molecule has 1 amide bonds. The van der Waals surface area contributed by atoms with Crippen molar-refractivity contribution in [2.24, 2.45) is 0 Å². The molecule has 0 unspecified atom stereocenters. The van der Waals surface area contributed by atoms with Crippen LogP contribution in [0.5, 0.6) is 11.8 Å². The molecule has 12 rings (SSSR count). The van der Waals surface area contributed by atoms with Crippen LogP contribution in [0.4, 0.5) is 15.0 Å². The van der Waals surface area contributed by atoms with Gasteiger partial charge in [-0.3, -0.25) is 4.68 Å². The predicted octanol–water partition coefficient (Wildman–Crippen LogP) is 12.1. The molecule has 1 saturated carbocycles. The average molecular weight is 976 g/mol. The number of ether oxygens (including phenoxy) is 3. The summed E-state index contributed by atoms with van der Waals surface area (Å²) in [5, 5.41) is 7.07. The van der Waals surface area contributed by atoms with E-state index in [0.717, 1.165) is 94.2 Å². The Bertz CT molecular complexity index is 3230. The van der Waals surface area contributed by atoms with E-state index in [1.807, 2.05) is 73.7 Å². The number of nitrogens with zero attached hydrogens (tertiary/aromatic N) is 7. The van der Waals surface area contributed by atoms with Crippen molar-refractivity contribution >= 4 is 33.7 Å². The quantitative estimate of drug-likeness (QED) is 0.105. The lowest BCUT2D eigenvalue weighted by molar-refractivity contribution is 0.0214. The molecule has 4 aliphatic rings. The number of piperazine rings is 1. The van der Waals surface area contributed by atoms with Gasteiger partial charge < -0.3 is 28.9 Å². The molecule has 0 spiro atoms. The third-order valence-electron chi connectivity index (χ3n) is 15.6. The van der Waals surface area contributed by atoms with E-state index in [4.69, 9.17) is 29.3 Å². The number of likely N-dealkylation sites (tertiary alicyclic amines) is 2. The Morgan fingerprint density at radius 2 is 1.40 bits per heavy atom. The largest absolute Gasteiger partial charge is 0.486 e. The Morgan fingerprint density at radius 3 is 1.97 bits per heavy atom. The first-order valence-electron chi connectivity index (χ1n) is 25.9. The Hall–Kier alpha value is -7.31. The molecule has 6 aromatic carbocycles. The smallest absolute Gasteiger partial charge is 0.410 e. The molecule has 2 aromatic heterocycles. The number of carbonyl (C=O) groups is 1. The standard InChI is InChI=1S/C61H62FN7O4/c1-39-51(62)33-52-50(36-69(65-52)61(42-21-12-7-13-22-42,43-23-14-8-15-24-43)44-25-16-9-17-26-44)53(39)54-48(41-28-29-41)32-49-55(56(54)71-37-40-19-10-6-11-20-40)63-58(72-38-45-27-18-30-66(45)5)64-57(49)67-34-47-31-46(67)35-68(47)59(70)73-60(2,3)4/h6-17,19-26,32-33,36,41,45-47H,18,27-31,34-35,37-38H2,1-5H3/t45-,46+,47+/m1/s1. The number of hydrogen-bond acceptors (Lipinski definition) is 9. The fourth-order valence-electron chi connectivity index (χ4n) is 11.8. The van der Waals surface area contributed by atoms with Gasteiger partial charge in [0.1, 0.15) is 41.5 Å². The van der Waals surface area contributed by atoms with Crippen LogP contribution in [-0.2, 0) is 16.9 Å². The summed E-state index contributed by atoms with van der Waals surface area (Å²) in [7, 11) is 2.14. The number of aromatic nitrogens is 4. The number of likely N-dealkylation sites (N-methyl/N-ethyl adjacent to an activating group) is 1. The molecule has 3 aliphatic heterocycles. The van der Waals surface area contributed by atoms with Crippen molar-refractivity contribution in [3.05, 3.63) is 179 Å². The number of halogens is 1. The van der Waals surface area contributed by atoms with Crippen molar-refractivity contribution in [2.75, 3.05) is 38.2 Å². The molecule has 4 fully saturated rings. The maximum atomic E-state index is 17.2. The van der Waals surface area contributed by atoms with Crippen molar-refractivity contribution in [3.8, 4) is 22.9 Å². The molecular formula is C61H62FN7O4. The molecule has 3 atom stereocenters. The Morgan fingerprint density at radius 1 is 0.753 bits per heavy atom. The summed E-state index contributed by atoms with van der Waals surface area (Å²) >= 11 is 0. The first-order chi connectivity index (χ1) is 35.4. The van der Waals surface area contributed by atoms with Crippen molar-refractivity contribution in [3.63, 3.8) is 0 Å². The van der Waals surface area contributed by atoms with Crippen LogP contribution < -0.4 is 14.4 Å². The highest BCUT2D eigenvalue weighted by Gasteiger charge is 2.48. The number of rotatable bonds is 13. The van der Waals surface area contributed by atoms with E-state index in [-0.39, 0.29) is 48.6 Å². The van der Waals surface area contributed by atoms with Crippen LogP contribution in [0.25, 0.3) is 32.9 Å². The molecule has 2 bridgehead atoms. The van der Waals surface area contributed by atoms with Gasteiger partial charge >= 0.3 is 12.1 Å². The van der Waals surface area contributed by atoms with Crippen LogP contribution in [0.3, 0.4) is 0 Å². The van der Waals surface area contributed by atoms with E-state index < -0.39 is 11.1 Å². The van der Waals surface area contributed by atoms with E-state index >= 15 is 4.39 Å². The van der Waals surface area contributed by atoms with E-state index in [1.54, 1.807) is 6.07 Å². The molecule has 5 heterocycles. The first kappa shape index (κ1) is 46.7. The van der Waals surface area contributed by atoms with Crippen molar-refractivity contribution in [1.29, 1.82) is 0 Å². The van der Waals surface area contributed by atoms with Crippen LogP contribution in [0.15, 0.2) is 140 Å². The van der Waals surface area contributed by atoms with Gasteiger partial charge in [0.2, 0.25) is 0 Å². The summed E-state index contributed by atoms with van der Waals surface area (Å²) < 4.78 is 39.1. The molecule has 372 valence electrons. The lowest BCUT2D eigenvalue weighted by Crippen LogP contribution is -2.50. The van der Waals surface area contributed by atoms with Crippen molar-refractivity contribution < 1.29 is 23.4 Å². The normalized spacial score (nSPS) is 19.1. The summed E-state index contributed by atoms with van der Waals surface area (Å²) in [4.78, 5) is 30.7. The second-order valence-corrected chi connectivity index (χ2v) is 21.5. The van der Waals surface area contributed by atoms with Gasteiger partial charge in [0.05, 0.1) is 17.6 Å². The molecule has 3 saturated heterocycles. The zero-order valence-corrected chi connectivity index (χ0v) is 42.3. The van der Waals surface area contributed by atoms with Gasteiger partial charge in [-0.1, -0.05) is 121 Å². The SMILES string of the molecule is Cc1c(F)cc2nn(C(c3ccccc3)(c3ccccc3)c3ccccc3)cc2c1-c1c(C2CC2)cc2c(N3C[C@@H]4C[C@H]3CN4C(=O)OC(C)(C)C)nc(OC[C@H]3CCCN3C)nc2c1OCc1ccccc1. The lowest BCUT2D eigenvalue weighted by atomic mass is 9.77. The van der Waals surface area contributed by atoms with Crippen molar-refractivity contribution in [1.82, 2.24) is 29.5 Å². The van der Waals surface area contributed by atoms with Gasteiger partial charge in [0.15, 0.2) is 5.75 Å². The maximum Gasteiger partial charge on any atom is 0.410 e. The minimum absolute atomic E-state index is 0.00258. The highest BCUT2D eigenvalue weighted by Crippen LogP contribution is 2.54. The molecule has 8 aromatic rings. The number of anilines is 1. The monoisotopic (exact) mass is 975 g/mol. The molecule has 0 N–H and O–H groups in total. The van der Waals surface area contributed by atoms with Crippen LogP contribution in [-0.4, -0.2) is 92.7 Å². The van der Waals surface area contributed by atoms with Crippen LogP contribution in [0.2, 0.25) is 0 Å². The molecule has 73 heavy (non-hydrogen) atoms. The summed E-state index contributed by atoms with van der Waals surface area (Å²) in [6.45, 7) is 10.4. The second kappa shape index (κ2) is 18.6. The highest BCUT2D eigenvalue weighted by molar-refractivity contribution is 6.06. The Labute approximate surface area is 426 Å². The Balaban J connectivity index is 1.10. The molecule has 0 radical (unpaired) electrons. The first-order valence-corrected chi connectivity index (χ1v) is 25.9. The number of fused-ring (bicyclic) bond motifs is 4. The molecule has 1 aliphatic carbocycles. The van der Waals surface area contributed by atoms with Crippen LogP contribution >= 0.6 is 0 Å². The predicted molar refractivity (Wildman–Crippen MR) is 284 cm³/mol. The summed E-state index contributed by atoms with van der Waals surface area (Å²) in [5.41, 5.74) is 6.70. The second-order valence-electron chi connectivity index (χ2n) is 21.5. The molecule has 12 heteroatoms. The highest BCUT2D eigenvalue weighted by atomic mass is 19.1. The van der Waals surface area contributed by atoms with Crippen molar-refractivity contribution in [2.45, 2.75) is 102 Å². The zero-order chi connectivity index (χ0) is 50.0. The van der Waals surface area contributed by atoms with Gasteiger partial charge in [-0.2, -0.15) is 15.1 Å². The van der Waals surface area contributed by atoms with Gasteiger partial charge in [-0.05, 0) is 119 Å². The van der Waals surface area contributed by atoms with E-state index in [1.165, 1.54) is 0 Å². The van der Waals surface area contributed by atoms with E-state index in [2.05, 4.69) is 114 Å². The number of benzene rings is 6. The molecular weight excluding hydrogens is 914 g/mol. The molecule has 11 nitrogen and oxygen atoms in total.